The van der Waals surface area contributed by atoms with Gasteiger partial charge in [-0.05, 0) is 86.3 Å². The minimum absolute atomic E-state index is 0.0596. The van der Waals surface area contributed by atoms with Crippen LogP contribution >= 0.6 is 0 Å². The van der Waals surface area contributed by atoms with E-state index in [0.29, 0.717) is 54.2 Å². The number of piperidine rings is 1. The molecular weight excluding hydrogens is 667 g/mol. The van der Waals surface area contributed by atoms with Crippen molar-refractivity contribution >= 4 is 23.2 Å². The Balaban J connectivity index is 0.884. The first-order valence-corrected chi connectivity index (χ1v) is 18.2. The number of fused-ring (bicyclic) bond motifs is 2. The maximum Gasteiger partial charge on any atom is 0.254 e. The fourth-order valence-electron chi connectivity index (χ4n) is 8.38. The molecule has 0 spiro atoms. The van der Waals surface area contributed by atoms with Gasteiger partial charge in [-0.2, -0.15) is 5.10 Å². The van der Waals surface area contributed by atoms with Gasteiger partial charge in [-0.1, -0.05) is 6.07 Å². The van der Waals surface area contributed by atoms with Crippen LogP contribution in [-0.4, -0.2) is 87.1 Å². The third kappa shape index (κ3) is 6.05. The van der Waals surface area contributed by atoms with Crippen molar-refractivity contribution in [2.45, 2.75) is 50.9 Å². The molecule has 268 valence electrons. The molecular formula is C39H40F3N9O. The largest absolute Gasteiger partial charge is 0.354 e. The number of hydrogen-bond donors (Lipinski definition) is 1. The number of halogens is 3. The van der Waals surface area contributed by atoms with Crippen LogP contribution in [0.3, 0.4) is 0 Å². The second kappa shape index (κ2) is 13.5. The molecule has 4 aliphatic rings. The van der Waals surface area contributed by atoms with Gasteiger partial charge in [0.2, 0.25) is 0 Å². The maximum atomic E-state index is 15.3. The molecule has 0 radical (unpaired) electrons. The standard InChI is InChI=1S/C39H40F3N9O/c40-27-8-9-32(41)30(19-27)35-6-3-12-49(35)37-10-13-51-38(46-37)31(22-44-51)34-5-1-7-36(45-34)48-16-14-47(15-17-48)23-26-18-25-24-50(28-4-2-11-43-21-28)39(52)29(25)20-33(26)42/h1,5,7-10,13,18-20,22,28,35,43H,2-4,6,11-12,14-17,21,23-24H2/t28?,35-/m1/s1. The summed E-state index contributed by atoms with van der Waals surface area (Å²) in [7, 11) is 0. The van der Waals surface area contributed by atoms with Crippen molar-refractivity contribution in [2.24, 2.45) is 0 Å². The van der Waals surface area contributed by atoms with Crippen molar-refractivity contribution in [1.29, 1.82) is 0 Å². The summed E-state index contributed by atoms with van der Waals surface area (Å²) < 4.78 is 45.9. The topological polar surface area (TPSA) is 85.1 Å². The van der Waals surface area contributed by atoms with Gasteiger partial charge in [0, 0.05) is 81.3 Å². The summed E-state index contributed by atoms with van der Waals surface area (Å²) in [6.45, 7) is 6.42. The molecule has 9 rings (SSSR count). The number of nitrogens with one attached hydrogen (secondary N) is 1. The zero-order valence-corrected chi connectivity index (χ0v) is 28.8. The highest BCUT2D eigenvalue weighted by atomic mass is 19.1. The molecule has 1 N–H and O–H groups in total. The van der Waals surface area contributed by atoms with E-state index in [-0.39, 0.29) is 23.8 Å². The zero-order valence-electron chi connectivity index (χ0n) is 28.8. The summed E-state index contributed by atoms with van der Waals surface area (Å²) in [6, 6.07) is 14.6. The molecule has 2 atom stereocenters. The van der Waals surface area contributed by atoms with Crippen LogP contribution in [0.2, 0.25) is 0 Å². The monoisotopic (exact) mass is 707 g/mol. The first-order chi connectivity index (χ1) is 25.4. The number of amides is 1. The maximum absolute atomic E-state index is 15.3. The van der Waals surface area contributed by atoms with Crippen LogP contribution < -0.4 is 15.1 Å². The average Bonchev–Trinajstić information content (AvgIpc) is 3.91. The van der Waals surface area contributed by atoms with E-state index in [0.717, 1.165) is 87.2 Å². The predicted octanol–water partition coefficient (Wildman–Crippen LogP) is 5.58. The molecule has 4 aliphatic heterocycles. The molecule has 3 fully saturated rings. The second-order valence-electron chi connectivity index (χ2n) is 14.3. The first kappa shape index (κ1) is 32.9. The van der Waals surface area contributed by atoms with E-state index in [4.69, 9.17) is 9.97 Å². The van der Waals surface area contributed by atoms with Gasteiger partial charge < -0.3 is 20.0 Å². The van der Waals surface area contributed by atoms with Gasteiger partial charge in [0.25, 0.3) is 5.91 Å². The fraction of sp³-hybridized carbons (Fsp3) is 0.385. The van der Waals surface area contributed by atoms with Gasteiger partial charge in [-0.15, -0.1) is 0 Å². The van der Waals surface area contributed by atoms with E-state index in [2.05, 4.69) is 20.2 Å². The van der Waals surface area contributed by atoms with Crippen LogP contribution in [-0.2, 0) is 13.1 Å². The molecule has 52 heavy (non-hydrogen) atoms. The highest BCUT2D eigenvalue weighted by molar-refractivity contribution is 5.98. The zero-order chi connectivity index (χ0) is 35.3. The minimum atomic E-state index is -0.455. The van der Waals surface area contributed by atoms with Gasteiger partial charge in [-0.3, -0.25) is 9.69 Å². The van der Waals surface area contributed by atoms with Crippen LogP contribution in [0.1, 0.15) is 58.8 Å². The van der Waals surface area contributed by atoms with E-state index >= 15 is 4.39 Å². The number of piperazine rings is 1. The van der Waals surface area contributed by atoms with Crippen molar-refractivity contribution < 1.29 is 18.0 Å². The van der Waals surface area contributed by atoms with Crippen molar-refractivity contribution in [1.82, 2.24) is 34.7 Å². The number of rotatable bonds is 7. The number of nitrogens with zero attached hydrogens (tertiary/aromatic N) is 8. The number of anilines is 2. The molecule has 1 unspecified atom stereocenters. The summed E-state index contributed by atoms with van der Waals surface area (Å²) in [5.74, 6) is 0.266. The highest BCUT2D eigenvalue weighted by Gasteiger charge is 2.35. The third-order valence-electron chi connectivity index (χ3n) is 11.1. The second-order valence-corrected chi connectivity index (χ2v) is 14.3. The van der Waals surface area contributed by atoms with Crippen LogP contribution in [0.15, 0.2) is 67.0 Å². The smallest absolute Gasteiger partial charge is 0.254 e. The van der Waals surface area contributed by atoms with Crippen LogP contribution in [0.5, 0.6) is 0 Å². The molecule has 0 aliphatic carbocycles. The number of pyridine rings is 1. The Morgan fingerprint density at radius 3 is 2.56 bits per heavy atom. The lowest BCUT2D eigenvalue weighted by Crippen LogP contribution is -2.46. The van der Waals surface area contributed by atoms with E-state index < -0.39 is 11.6 Å². The van der Waals surface area contributed by atoms with E-state index in [1.54, 1.807) is 10.7 Å². The quantitative estimate of drug-likeness (QED) is 0.235. The van der Waals surface area contributed by atoms with E-state index in [9.17, 15) is 13.6 Å². The Labute approximate surface area is 299 Å². The fourth-order valence-corrected chi connectivity index (χ4v) is 8.38. The lowest BCUT2D eigenvalue weighted by atomic mass is 10.0. The molecule has 7 heterocycles. The van der Waals surface area contributed by atoms with Crippen LogP contribution in [0.25, 0.3) is 16.9 Å². The van der Waals surface area contributed by atoms with Crippen molar-refractivity contribution in [3.63, 3.8) is 0 Å². The number of carbonyl (C=O) groups excluding carboxylic acids is 1. The van der Waals surface area contributed by atoms with Gasteiger partial charge >= 0.3 is 0 Å². The van der Waals surface area contributed by atoms with Crippen molar-refractivity contribution in [3.05, 3.63) is 107 Å². The summed E-state index contributed by atoms with van der Waals surface area (Å²) in [5.41, 5.74) is 4.54. The number of hydrogen-bond acceptors (Lipinski definition) is 8. The van der Waals surface area contributed by atoms with E-state index in [1.165, 1.54) is 18.2 Å². The molecule has 3 saturated heterocycles. The molecule has 5 aromatic rings. The molecule has 2 aromatic carbocycles. The first-order valence-electron chi connectivity index (χ1n) is 18.2. The Morgan fingerprint density at radius 1 is 0.827 bits per heavy atom. The molecule has 10 nitrogen and oxygen atoms in total. The van der Waals surface area contributed by atoms with Gasteiger partial charge in [-0.25, -0.2) is 27.7 Å². The lowest BCUT2D eigenvalue weighted by Gasteiger charge is -2.35. The molecule has 3 aromatic heterocycles. The minimum Gasteiger partial charge on any atom is -0.354 e. The van der Waals surface area contributed by atoms with Crippen LogP contribution in [0.4, 0.5) is 24.8 Å². The van der Waals surface area contributed by atoms with Crippen molar-refractivity contribution in [3.8, 4) is 11.3 Å². The van der Waals surface area contributed by atoms with Gasteiger partial charge in [0.15, 0.2) is 5.65 Å². The van der Waals surface area contributed by atoms with Crippen LogP contribution in [0, 0.1) is 17.5 Å². The number of carbonyl (C=O) groups is 1. The van der Waals surface area contributed by atoms with E-state index in [1.807, 2.05) is 46.3 Å². The predicted molar refractivity (Wildman–Crippen MR) is 192 cm³/mol. The molecule has 0 saturated carbocycles. The Kier molecular flexibility index (Phi) is 8.54. The highest BCUT2D eigenvalue weighted by Crippen LogP contribution is 2.37. The SMILES string of the molecule is O=C1c2cc(F)c(CN3CCN(c4cccc(-c5cnn6ccc(N7CCC[C@@H]7c7cc(F)ccc7F)nc56)n4)CC3)cc2CN1C1CCCNC1. The summed E-state index contributed by atoms with van der Waals surface area (Å²) >= 11 is 0. The Hall–Kier alpha value is -5.01. The third-order valence-corrected chi connectivity index (χ3v) is 11.1. The average molecular weight is 708 g/mol. The summed E-state index contributed by atoms with van der Waals surface area (Å²) in [6.07, 6.45) is 7.16. The Morgan fingerprint density at radius 2 is 1.71 bits per heavy atom. The lowest BCUT2D eigenvalue weighted by molar-refractivity contribution is 0.0674. The summed E-state index contributed by atoms with van der Waals surface area (Å²) in [4.78, 5) is 31.5. The van der Waals surface area contributed by atoms with Crippen molar-refractivity contribution in [2.75, 3.05) is 55.6 Å². The molecule has 1 amide bonds. The number of benzene rings is 2. The van der Waals surface area contributed by atoms with Gasteiger partial charge in [0.1, 0.15) is 29.1 Å². The Bertz CT molecular complexity index is 2140. The number of aromatic nitrogens is 4. The normalized spacial score (nSPS) is 21.1. The molecule has 0 bridgehead atoms. The summed E-state index contributed by atoms with van der Waals surface area (Å²) in [5, 5.41) is 7.91. The van der Waals surface area contributed by atoms with Gasteiger partial charge in [0.05, 0.1) is 23.5 Å². The molecule has 13 heteroatoms.